The number of aromatic nitrogens is 4. The molecule has 2 heterocycles. The monoisotopic (exact) mass is 365 g/mol. The van der Waals surface area contributed by atoms with Gasteiger partial charge in [0.25, 0.3) is 0 Å². The topological polar surface area (TPSA) is 111 Å². The second kappa shape index (κ2) is 8.07. The van der Waals surface area contributed by atoms with E-state index in [1.165, 1.54) is 18.0 Å². The van der Waals surface area contributed by atoms with Gasteiger partial charge in [-0.15, -0.1) is 6.42 Å². The summed E-state index contributed by atoms with van der Waals surface area (Å²) >= 11 is 0. The Labute approximate surface area is 149 Å². The molecular formula is C16H20FN5O4. The van der Waals surface area contributed by atoms with Gasteiger partial charge in [-0.25, -0.2) is 9.78 Å². The molecule has 1 unspecified atom stereocenters. The number of terminal acetylenes is 1. The molecule has 0 aliphatic rings. The Morgan fingerprint density at radius 1 is 1.54 bits per heavy atom. The molecule has 0 aromatic carbocycles. The van der Waals surface area contributed by atoms with E-state index >= 15 is 0 Å². The third kappa shape index (κ3) is 4.25. The van der Waals surface area contributed by atoms with Gasteiger partial charge in [0.1, 0.15) is 0 Å². The summed E-state index contributed by atoms with van der Waals surface area (Å²) in [6.45, 7) is 3.24. The zero-order valence-corrected chi connectivity index (χ0v) is 14.7. The summed E-state index contributed by atoms with van der Waals surface area (Å²) in [6, 6.07) is 0. The summed E-state index contributed by atoms with van der Waals surface area (Å²) < 4.78 is 25.5. The van der Waals surface area contributed by atoms with Crippen LogP contribution in [0.1, 0.15) is 20.3 Å². The van der Waals surface area contributed by atoms with E-state index in [0.717, 1.165) is 0 Å². The van der Waals surface area contributed by atoms with Crippen LogP contribution in [0, 0.1) is 18.4 Å². The van der Waals surface area contributed by atoms with Crippen LogP contribution < -0.4 is 5.32 Å². The number of nitrogens with one attached hydrogen (secondary N) is 1. The molecule has 0 saturated heterocycles. The molecular weight excluding hydrogens is 345 g/mol. The summed E-state index contributed by atoms with van der Waals surface area (Å²) in [7, 11) is 1.40. The lowest BCUT2D eigenvalue weighted by molar-refractivity contribution is -0.0147. The van der Waals surface area contributed by atoms with Gasteiger partial charge in [0.05, 0.1) is 19.0 Å². The van der Waals surface area contributed by atoms with Gasteiger partial charge in [0, 0.05) is 20.1 Å². The van der Waals surface area contributed by atoms with Crippen molar-refractivity contribution < 1.29 is 23.8 Å². The smallest absolute Gasteiger partial charge is 0.413 e. The molecule has 9 nitrogen and oxygen atoms in total. The number of carbonyl (C=O) groups is 1. The fourth-order valence-electron chi connectivity index (χ4n) is 2.23. The van der Waals surface area contributed by atoms with E-state index in [1.807, 2.05) is 0 Å². The van der Waals surface area contributed by atoms with Crippen molar-refractivity contribution in [2.75, 3.05) is 19.0 Å². The van der Waals surface area contributed by atoms with E-state index in [-0.39, 0.29) is 42.7 Å². The van der Waals surface area contributed by atoms with Crippen LogP contribution in [0.3, 0.4) is 0 Å². The zero-order valence-electron chi connectivity index (χ0n) is 14.7. The highest BCUT2D eigenvalue weighted by Crippen LogP contribution is 2.21. The SMILES string of the molecule is C#CC(CO)(CCn1cnc2c(NC(=O)OC(C)C)nc(F)nc21)OC. The number of carbonyl (C=O) groups excluding carboxylic acids is 1. The van der Waals surface area contributed by atoms with Crippen LogP contribution in [-0.4, -0.2) is 56.1 Å². The van der Waals surface area contributed by atoms with E-state index in [9.17, 15) is 14.3 Å². The minimum absolute atomic E-state index is 0.103. The molecule has 2 rings (SSSR count). The molecule has 140 valence electrons. The van der Waals surface area contributed by atoms with Crippen LogP contribution in [0.2, 0.25) is 0 Å². The Morgan fingerprint density at radius 3 is 2.85 bits per heavy atom. The molecule has 10 heteroatoms. The molecule has 0 spiro atoms. The maximum Gasteiger partial charge on any atom is 0.413 e. The zero-order chi connectivity index (χ0) is 19.3. The Kier molecular flexibility index (Phi) is 6.07. The number of aryl methyl sites for hydroxylation is 1. The van der Waals surface area contributed by atoms with Crippen LogP contribution in [0.5, 0.6) is 0 Å². The number of anilines is 1. The second-order valence-electron chi connectivity index (χ2n) is 5.78. The number of amides is 1. The first-order chi connectivity index (χ1) is 12.3. The lowest BCUT2D eigenvalue weighted by atomic mass is 10.0. The van der Waals surface area contributed by atoms with Gasteiger partial charge in [-0.05, 0) is 13.8 Å². The summed E-state index contributed by atoms with van der Waals surface area (Å²) in [5.41, 5.74) is -0.804. The number of methoxy groups -OCH3 is 1. The first kappa shape index (κ1) is 19.6. The summed E-state index contributed by atoms with van der Waals surface area (Å²) in [5.74, 6) is 2.30. The predicted molar refractivity (Wildman–Crippen MR) is 90.8 cm³/mol. The van der Waals surface area contributed by atoms with Crippen LogP contribution in [0.25, 0.3) is 11.2 Å². The Balaban J connectivity index is 2.29. The largest absolute Gasteiger partial charge is 0.447 e. The first-order valence-corrected chi connectivity index (χ1v) is 7.84. The van der Waals surface area contributed by atoms with Crippen molar-refractivity contribution >= 4 is 23.1 Å². The summed E-state index contributed by atoms with van der Waals surface area (Å²) in [4.78, 5) is 23.1. The molecule has 0 bridgehead atoms. The number of hydrogen-bond donors (Lipinski definition) is 2. The van der Waals surface area contributed by atoms with E-state index in [4.69, 9.17) is 15.9 Å². The number of halogens is 1. The Morgan fingerprint density at radius 2 is 2.27 bits per heavy atom. The standard InChI is InChI=1S/C16H20FN5O4/c1-5-16(8-23,25-4)6-7-22-9-18-11-12(19-14(17)21-13(11)22)20-15(24)26-10(2)3/h1,9-10,23H,6-8H2,2-4H3,(H,19,20,21,24). The fraction of sp³-hybridized carbons (Fsp3) is 0.500. The molecule has 26 heavy (non-hydrogen) atoms. The second-order valence-corrected chi connectivity index (χ2v) is 5.78. The van der Waals surface area contributed by atoms with Crippen LogP contribution >= 0.6 is 0 Å². The third-order valence-electron chi connectivity index (χ3n) is 3.67. The number of nitrogens with zero attached hydrogens (tertiary/aromatic N) is 4. The van der Waals surface area contributed by atoms with Gasteiger partial charge >= 0.3 is 12.2 Å². The normalized spacial score (nSPS) is 13.4. The number of hydrogen-bond acceptors (Lipinski definition) is 7. The third-order valence-corrected chi connectivity index (χ3v) is 3.67. The van der Waals surface area contributed by atoms with Gasteiger partial charge in [0.15, 0.2) is 22.6 Å². The maximum absolute atomic E-state index is 13.8. The van der Waals surface area contributed by atoms with E-state index in [2.05, 4.69) is 26.2 Å². The molecule has 0 radical (unpaired) electrons. The average Bonchev–Trinajstić information content (AvgIpc) is 2.99. The molecule has 0 aliphatic heterocycles. The van der Waals surface area contributed by atoms with Crippen molar-refractivity contribution in [2.24, 2.45) is 0 Å². The van der Waals surface area contributed by atoms with Crippen molar-refractivity contribution in [3.63, 3.8) is 0 Å². The Hall–Kier alpha value is -2.77. The van der Waals surface area contributed by atoms with E-state index in [0.29, 0.717) is 0 Å². The number of fused-ring (bicyclic) bond motifs is 1. The van der Waals surface area contributed by atoms with Gasteiger partial charge in [-0.1, -0.05) is 5.92 Å². The molecule has 1 amide bonds. The van der Waals surface area contributed by atoms with Crippen molar-refractivity contribution in [1.82, 2.24) is 19.5 Å². The van der Waals surface area contributed by atoms with Crippen LogP contribution in [-0.2, 0) is 16.0 Å². The number of aliphatic hydroxyl groups is 1. The lowest BCUT2D eigenvalue weighted by Crippen LogP contribution is -2.35. The maximum atomic E-state index is 13.8. The number of imidazole rings is 1. The fourth-order valence-corrected chi connectivity index (χ4v) is 2.23. The van der Waals surface area contributed by atoms with Gasteiger partial charge in [-0.2, -0.15) is 14.4 Å². The number of aliphatic hydroxyl groups excluding tert-OH is 1. The minimum atomic E-state index is -1.16. The van der Waals surface area contributed by atoms with Gasteiger partial charge in [0.2, 0.25) is 0 Å². The first-order valence-electron chi connectivity index (χ1n) is 7.84. The van der Waals surface area contributed by atoms with Crippen LogP contribution in [0.4, 0.5) is 15.0 Å². The number of rotatable bonds is 7. The highest BCUT2D eigenvalue weighted by molar-refractivity contribution is 5.93. The summed E-state index contributed by atoms with van der Waals surface area (Å²) in [6.07, 6.45) is 4.91. The van der Waals surface area contributed by atoms with Crippen molar-refractivity contribution in [2.45, 2.75) is 38.5 Å². The van der Waals surface area contributed by atoms with Crippen molar-refractivity contribution in [3.05, 3.63) is 12.4 Å². The quantitative estimate of drug-likeness (QED) is 0.562. The van der Waals surface area contributed by atoms with Gasteiger partial charge < -0.3 is 19.1 Å². The molecule has 1 atom stereocenters. The number of ether oxygens (including phenoxy) is 2. The summed E-state index contributed by atoms with van der Waals surface area (Å²) in [5, 5.41) is 11.8. The minimum Gasteiger partial charge on any atom is -0.447 e. The molecule has 2 aromatic heterocycles. The highest BCUT2D eigenvalue weighted by atomic mass is 19.1. The Bertz CT molecular complexity index is 826. The molecule has 0 saturated carbocycles. The molecule has 2 aromatic rings. The van der Waals surface area contributed by atoms with E-state index in [1.54, 1.807) is 13.8 Å². The van der Waals surface area contributed by atoms with Crippen molar-refractivity contribution in [3.8, 4) is 12.3 Å². The molecule has 2 N–H and O–H groups in total. The van der Waals surface area contributed by atoms with Crippen molar-refractivity contribution in [1.29, 1.82) is 0 Å². The predicted octanol–water partition coefficient (Wildman–Crippen LogP) is 1.32. The lowest BCUT2D eigenvalue weighted by Gasteiger charge is -2.24. The highest BCUT2D eigenvalue weighted by Gasteiger charge is 2.26. The van der Waals surface area contributed by atoms with E-state index < -0.39 is 17.8 Å². The molecule has 0 aliphatic carbocycles. The molecule has 0 fully saturated rings. The van der Waals surface area contributed by atoms with Gasteiger partial charge in [-0.3, -0.25) is 5.32 Å². The average molecular weight is 365 g/mol. The van der Waals surface area contributed by atoms with Crippen LogP contribution in [0.15, 0.2) is 6.33 Å².